The third-order valence-corrected chi connectivity index (χ3v) is 6.83. The van der Waals surface area contributed by atoms with Crippen molar-refractivity contribution in [2.45, 2.75) is 49.2 Å². The highest BCUT2D eigenvalue weighted by molar-refractivity contribution is 5.48. The third-order valence-electron chi connectivity index (χ3n) is 6.83. The summed E-state index contributed by atoms with van der Waals surface area (Å²) in [4.78, 5) is 2.55. The van der Waals surface area contributed by atoms with Gasteiger partial charge in [-0.05, 0) is 61.4 Å². The number of rotatable bonds is 2. The standard InChI is InChI=1S/C19H25NO3/c21-15-4-3-14-9-17-19(22)6-8-23-12-18(19,16(14)10-15)5-7-20(17)11-13-1-2-13/h3-4,10,13,17,21-22H,1-2,5-9,11-12H2/t17-,18-,19-/m1/s1. The van der Waals surface area contributed by atoms with E-state index in [-0.39, 0.29) is 11.5 Å². The Hall–Kier alpha value is -1.10. The van der Waals surface area contributed by atoms with E-state index in [1.165, 1.54) is 18.4 Å². The molecular formula is C19H25NO3. The fraction of sp³-hybridized carbons (Fsp3) is 0.684. The summed E-state index contributed by atoms with van der Waals surface area (Å²) < 4.78 is 5.85. The van der Waals surface area contributed by atoms with Crippen molar-refractivity contribution in [3.8, 4) is 5.75 Å². The van der Waals surface area contributed by atoms with Crippen molar-refractivity contribution < 1.29 is 14.9 Å². The number of phenolic OH excluding ortho intramolecular Hbond substituents is 1. The molecule has 2 bridgehead atoms. The minimum Gasteiger partial charge on any atom is -0.508 e. The van der Waals surface area contributed by atoms with Crippen LogP contribution in [0.2, 0.25) is 0 Å². The highest BCUT2D eigenvalue weighted by Gasteiger charge is 2.64. The molecule has 4 aliphatic rings. The molecular weight excluding hydrogens is 290 g/mol. The molecule has 124 valence electrons. The van der Waals surface area contributed by atoms with E-state index in [9.17, 15) is 10.2 Å². The van der Waals surface area contributed by atoms with E-state index in [1.54, 1.807) is 6.07 Å². The average Bonchev–Trinajstić information content (AvgIpc) is 3.34. The summed E-state index contributed by atoms with van der Waals surface area (Å²) in [6.07, 6.45) is 5.21. The molecule has 2 aliphatic heterocycles. The predicted molar refractivity (Wildman–Crippen MR) is 86.6 cm³/mol. The van der Waals surface area contributed by atoms with Crippen LogP contribution in [0, 0.1) is 5.92 Å². The number of aromatic hydroxyl groups is 1. The zero-order valence-electron chi connectivity index (χ0n) is 13.5. The summed E-state index contributed by atoms with van der Waals surface area (Å²) in [5.41, 5.74) is 1.34. The summed E-state index contributed by atoms with van der Waals surface area (Å²) in [5, 5.41) is 21.8. The average molecular weight is 315 g/mol. The Balaban J connectivity index is 1.64. The summed E-state index contributed by atoms with van der Waals surface area (Å²) in [6, 6.07) is 5.90. The number of piperidine rings is 1. The second-order valence-electron chi connectivity index (χ2n) is 8.06. The summed E-state index contributed by atoms with van der Waals surface area (Å²) in [5.74, 6) is 1.14. The number of benzene rings is 1. The van der Waals surface area contributed by atoms with Crippen molar-refractivity contribution in [3.05, 3.63) is 29.3 Å². The summed E-state index contributed by atoms with van der Waals surface area (Å²) in [6.45, 7) is 3.38. The van der Waals surface area contributed by atoms with Crippen LogP contribution in [-0.4, -0.2) is 53.1 Å². The largest absolute Gasteiger partial charge is 0.508 e. The van der Waals surface area contributed by atoms with Crippen LogP contribution in [-0.2, 0) is 16.6 Å². The smallest absolute Gasteiger partial charge is 0.115 e. The van der Waals surface area contributed by atoms with Gasteiger partial charge in [0.15, 0.2) is 0 Å². The SMILES string of the molecule is Oc1ccc2c(c1)[C@]13CCN(CC4CC4)[C@H](C2)[C@]1(O)CCOC3. The van der Waals surface area contributed by atoms with E-state index >= 15 is 0 Å². The zero-order valence-corrected chi connectivity index (χ0v) is 13.5. The number of nitrogens with zero attached hydrogens (tertiary/aromatic N) is 1. The van der Waals surface area contributed by atoms with Gasteiger partial charge in [0, 0.05) is 25.6 Å². The quantitative estimate of drug-likeness (QED) is 0.874. The number of phenols is 1. The Kier molecular flexibility index (Phi) is 2.92. The number of aliphatic hydroxyl groups is 1. The molecule has 1 aromatic rings. The lowest BCUT2D eigenvalue weighted by Gasteiger charge is -2.63. The molecule has 1 aromatic carbocycles. The van der Waals surface area contributed by atoms with Crippen LogP contribution < -0.4 is 0 Å². The third kappa shape index (κ3) is 1.89. The van der Waals surface area contributed by atoms with Gasteiger partial charge in [-0.25, -0.2) is 0 Å². The van der Waals surface area contributed by atoms with E-state index in [0.29, 0.717) is 25.4 Å². The molecule has 1 saturated carbocycles. The Morgan fingerprint density at radius 2 is 2.13 bits per heavy atom. The zero-order chi connectivity index (χ0) is 15.7. The van der Waals surface area contributed by atoms with Crippen molar-refractivity contribution in [3.63, 3.8) is 0 Å². The van der Waals surface area contributed by atoms with E-state index in [4.69, 9.17) is 4.74 Å². The Morgan fingerprint density at radius 3 is 2.96 bits per heavy atom. The fourth-order valence-corrected chi connectivity index (χ4v) is 5.40. The highest BCUT2D eigenvalue weighted by Crippen LogP contribution is 2.55. The molecule has 3 atom stereocenters. The van der Waals surface area contributed by atoms with Crippen LogP contribution in [0.3, 0.4) is 0 Å². The van der Waals surface area contributed by atoms with Crippen LogP contribution in [0.1, 0.15) is 36.8 Å². The molecule has 2 aliphatic carbocycles. The molecule has 0 spiro atoms. The summed E-state index contributed by atoms with van der Waals surface area (Å²) >= 11 is 0. The van der Waals surface area contributed by atoms with Crippen LogP contribution in [0.4, 0.5) is 0 Å². The van der Waals surface area contributed by atoms with Gasteiger partial charge in [-0.3, -0.25) is 4.90 Å². The molecule has 2 N–H and O–H groups in total. The van der Waals surface area contributed by atoms with Gasteiger partial charge < -0.3 is 14.9 Å². The fourth-order valence-electron chi connectivity index (χ4n) is 5.40. The molecule has 4 heteroatoms. The van der Waals surface area contributed by atoms with Crippen LogP contribution >= 0.6 is 0 Å². The number of fused-ring (bicyclic) bond motifs is 1. The molecule has 0 radical (unpaired) electrons. The second kappa shape index (κ2) is 4.71. The molecule has 2 saturated heterocycles. The minimum absolute atomic E-state index is 0.192. The molecule has 3 fully saturated rings. The van der Waals surface area contributed by atoms with Crippen molar-refractivity contribution in [2.75, 3.05) is 26.3 Å². The van der Waals surface area contributed by atoms with E-state index < -0.39 is 5.60 Å². The Labute approximate surface area is 137 Å². The maximum atomic E-state index is 11.8. The van der Waals surface area contributed by atoms with Crippen molar-refractivity contribution in [1.29, 1.82) is 0 Å². The molecule has 23 heavy (non-hydrogen) atoms. The normalized spacial score (nSPS) is 39.6. The first kappa shape index (κ1) is 14.3. The maximum absolute atomic E-state index is 11.8. The first-order valence-corrected chi connectivity index (χ1v) is 8.99. The van der Waals surface area contributed by atoms with E-state index in [2.05, 4.69) is 4.90 Å². The second-order valence-corrected chi connectivity index (χ2v) is 8.06. The number of ether oxygens (including phenoxy) is 1. The van der Waals surface area contributed by atoms with Gasteiger partial charge in [-0.2, -0.15) is 0 Å². The van der Waals surface area contributed by atoms with Gasteiger partial charge in [-0.15, -0.1) is 0 Å². The Morgan fingerprint density at radius 1 is 1.26 bits per heavy atom. The number of hydrogen-bond acceptors (Lipinski definition) is 4. The van der Waals surface area contributed by atoms with E-state index in [1.807, 2.05) is 12.1 Å². The van der Waals surface area contributed by atoms with Crippen molar-refractivity contribution in [1.82, 2.24) is 4.90 Å². The first-order chi connectivity index (χ1) is 11.1. The van der Waals surface area contributed by atoms with E-state index in [0.717, 1.165) is 37.4 Å². The topological polar surface area (TPSA) is 52.9 Å². The molecule has 0 amide bonds. The minimum atomic E-state index is -0.723. The molecule has 5 rings (SSSR count). The van der Waals surface area contributed by atoms with Gasteiger partial charge in [0.25, 0.3) is 0 Å². The predicted octanol–water partition coefficient (Wildman–Crippen LogP) is 1.82. The van der Waals surface area contributed by atoms with Gasteiger partial charge in [0.05, 0.1) is 17.6 Å². The molecule has 2 heterocycles. The van der Waals surface area contributed by atoms with Crippen LogP contribution in [0.25, 0.3) is 0 Å². The maximum Gasteiger partial charge on any atom is 0.115 e. The van der Waals surface area contributed by atoms with Crippen LogP contribution in [0.15, 0.2) is 18.2 Å². The monoisotopic (exact) mass is 315 g/mol. The van der Waals surface area contributed by atoms with Gasteiger partial charge in [0.1, 0.15) is 5.75 Å². The molecule has 4 nitrogen and oxygen atoms in total. The lowest BCUT2D eigenvalue weighted by Crippen LogP contribution is -2.74. The lowest BCUT2D eigenvalue weighted by molar-refractivity contribution is -0.202. The van der Waals surface area contributed by atoms with Gasteiger partial charge in [0.2, 0.25) is 0 Å². The molecule has 0 aromatic heterocycles. The van der Waals surface area contributed by atoms with Gasteiger partial charge in [-0.1, -0.05) is 6.07 Å². The first-order valence-electron chi connectivity index (χ1n) is 8.99. The van der Waals surface area contributed by atoms with Gasteiger partial charge >= 0.3 is 0 Å². The van der Waals surface area contributed by atoms with Crippen molar-refractivity contribution >= 4 is 0 Å². The lowest BCUT2D eigenvalue weighted by atomic mass is 9.53. The molecule has 0 unspecified atom stereocenters. The number of likely N-dealkylation sites (tertiary alicyclic amines) is 1. The van der Waals surface area contributed by atoms with Crippen molar-refractivity contribution in [2.24, 2.45) is 5.92 Å². The Bertz CT molecular complexity index is 644. The number of hydrogen-bond donors (Lipinski definition) is 2. The van der Waals surface area contributed by atoms with Crippen LogP contribution in [0.5, 0.6) is 5.75 Å². The highest BCUT2D eigenvalue weighted by atomic mass is 16.5. The summed E-state index contributed by atoms with van der Waals surface area (Å²) in [7, 11) is 0.